The van der Waals surface area contributed by atoms with Gasteiger partial charge in [0.05, 0.1) is 0 Å². The fourth-order valence-corrected chi connectivity index (χ4v) is 2.31. The van der Waals surface area contributed by atoms with Crippen LogP contribution in [-0.4, -0.2) is 35.7 Å². The predicted octanol–water partition coefficient (Wildman–Crippen LogP) is 0.925. The topological polar surface area (TPSA) is 75.6 Å². The molecule has 1 aliphatic carbocycles. The lowest BCUT2D eigenvalue weighted by Crippen LogP contribution is -2.36. The maximum absolute atomic E-state index is 11.7. The Bertz CT molecular complexity index is 301. The van der Waals surface area contributed by atoms with Crippen molar-refractivity contribution in [1.82, 2.24) is 5.32 Å². The van der Waals surface area contributed by atoms with Crippen LogP contribution in [0, 0.1) is 5.92 Å². The lowest BCUT2D eigenvalue weighted by molar-refractivity contribution is -0.151. The highest BCUT2D eigenvalue weighted by atomic mass is 16.5. The molecule has 2 atom stereocenters. The largest absolute Gasteiger partial charge is 0.479 e. The van der Waals surface area contributed by atoms with Crippen molar-refractivity contribution < 1.29 is 19.4 Å². The fourth-order valence-electron chi connectivity index (χ4n) is 2.31. The SMILES string of the molecule is O=C(NCCC1CCC1)[C@@H]1CC[C@H](C(=O)O)O1. The lowest BCUT2D eigenvalue weighted by atomic mass is 9.83. The van der Waals surface area contributed by atoms with Gasteiger partial charge in [0.2, 0.25) is 5.91 Å². The highest BCUT2D eigenvalue weighted by Gasteiger charge is 2.34. The van der Waals surface area contributed by atoms with E-state index in [1.54, 1.807) is 0 Å². The number of carboxylic acid groups (broad SMARTS) is 1. The van der Waals surface area contributed by atoms with Gasteiger partial charge in [0, 0.05) is 6.54 Å². The van der Waals surface area contributed by atoms with Crippen LogP contribution >= 0.6 is 0 Å². The van der Waals surface area contributed by atoms with Crippen molar-refractivity contribution in [3.8, 4) is 0 Å². The molecular formula is C12H19NO4. The number of hydrogen-bond donors (Lipinski definition) is 2. The van der Waals surface area contributed by atoms with Gasteiger partial charge in [-0.2, -0.15) is 0 Å². The van der Waals surface area contributed by atoms with E-state index in [1.165, 1.54) is 19.3 Å². The zero-order valence-corrected chi connectivity index (χ0v) is 9.85. The average Bonchev–Trinajstić information content (AvgIpc) is 2.70. The van der Waals surface area contributed by atoms with Crippen LogP contribution in [0.1, 0.15) is 38.5 Å². The van der Waals surface area contributed by atoms with Gasteiger partial charge in [0.15, 0.2) is 6.10 Å². The summed E-state index contributed by atoms with van der Waals surface area (Å²) in [6.07, 6.45) is 4.44. The van der Waals surface area contributed by atoms with E-state index in [9.17, 15) is 9.59 Å². The molecule has 5 nitrogen and oxygen atoms in total. The van der Waals surface area contributed by atoms with Crippen molar-refractivity contribution in [2.45, 2.75) is 50.7 Å². The van der Waals surface area contributed by atoms with Gasteiger partial charge in [0.1, 0.15) is 6.10 Å². The molecule has 96 valence electrons. The first-order valence-electron chi connectivity index (χ1n) is 6.33. The summed E-state index contributed by atoms with van der Waals surface area (Å²) in [6, 6.07) is 0. The summed E-state index contributed by atoms with van der Waals surface area (Å²) < 4.78 is 5.17. The molecule has 0 aromatic rings. The molecule has 2 rings (SSSR count). The molecule has 1 aliphatic heterocycles. The van der Waals surface area contributed by atoms with Gasteiger partial charge >= 0.3 is 5.97 Å². The molecule has 0 radical (unpaired) electrons. The summed E-state index contributed by atoms with van der Waals surface area (Å²) in [5.41, 5.74) is 0. The Labute approximate surface area is 101 Å². The standard InChI is InChI=1S/C12H19NO4/c14-11(13-7-6-8-2-1-3-8)9-4-5-10(17-9)12(15)16/h8-10H,1-7H2,(H,13,14)(H,15,16)/t9-,10+/m0/s1. The number of carbonyl (C=O) groups is 2. The second-order valence-electron chi connectivity index (χ2n) is 4.91. The van der Waals surface area contributed by atoms with Crippen LogP contribution in [0.25, 0.3) is 0 Å². The normalized spacial score (nSPS) is 28.7. The van der Waals surface area contributed by atoms with Crippen LogP contribution in [0.3, 0.4) is 0 Å². The Balaban J connectivity index is 1.64. The Kier molecular flexibility index (Phi) is 3.99. The van der Waals surface area contributed by atoms with E-state index in [-0.39, 0.29) is 5.91 Å². The maximum Gasteiger partial charge on any atom is 0.332 e. The highest BCUT2D eigenvalue weighted by Crippen LogP contribution is 2.28. The molecule has 0 aromatic heterocycles. The summed E-state index contributed by atoms with van der Waals surface area (Å²) in [5.74, 6) is -0.366. The van der Waals surface area contributed by atoms with Gasteiger partial charge in [-0.1, -0.05) is 19.3 Å². The first-order chi connectivity index (χ1) is 8.16. The van der Waals surface area contributed by atoms with E-state index in [0.29, 0.717) is 19.4 Å². The van der Waals surface area contributed by atoms with E-state index in [1.807, 2.05) is 0 Å². The Morgan fingerprint density at radius 1 is 1.18 bits per heavy atom. The van der Waals surface area contributed by atoms with E-state index >= 15 is 0 Å². The number of nitrogens with one attached hydrogen (secondary N) is 1. The third kappa shape index (κ3) is 3.19. The van der Waals surface area contributed by atoms with Gasteiger partial charge in [-0.05, 0) is 25.2 Å². The van der Waals surface area contributed by atoms with Gasteiger partial charge in [0.25, 0.3) is 0 Å². The zero-order valence-electron chi connectivity index (χ0n) is 9.85. The number of carbonyl (C=O) groups excluding carboxylic acids is 1. The van der Waals surface area contributed by atoms with Crippen molar-refractivity contribution >= 4 is 11.9 Å². The molecule has 5 heteroatoms. The lowest BCUT2D eigenvalue weighted by Gasteiger charge is -2.25. The summed E-state index contributed by atoms with van der Waals surface area (Å²) in [6.45, 7) is 0.682. The quantitative estimate of drug-likeness (QED) is 0.750. The first kappa shape index (κ1) is 12.4. The molecule has 0 spiro atoms. The third-order valence-electron chi connectivity index (χ3n) is 3.66. The molecule has 1 heterocycles. The summed E-state index contributed by atoms with van der Waals surface area (Å²) in [7, 11) is 0. The number of amides is 1. The second-order valence-corrected chi connectivity index (χ2v) is 4.91. The Morgan fingerprint density at radius 3 is 2.41 bits per heavy atom. The molecule has 2 aliphatic rings. The van der Waals surface area contributed by atoms with E-state index in [0.717, 1.165) is 12.3 Å². The van der Waals surface area contributed by atoms with Crippen molar-refractivity contribution in [3.63, 3.8) is 0 Å². The molecule has 0 bridgehead atoms. The van der Waals surface area contributed by atoms with Crippen LogP contribution < -0.4 is 5.32 Å². The molecule has 0 aromatic carbocycles. The molecule has 2 fully saturated rings. The van der Waals surface area contributed by atoms with E-state index < -0.39 is 18.2 Å². The number of rotatable bonds is 5. The smallest absolute Gasteiger partial charge is 0.332 e. The van der Waals surface area contributed by atoms with Gasteiger partial charge in [-0.3, -0.25) is 4.79 Å². The molecule has 1 saturated carbocycles. The first-order valence-corrected chi connectivity index (χ1v) is 6.33. The minimum absolute atomic E-state index is 0.159. The minimum atomic E-state index is -0.977. The van der Waals surface area contributed by atoms with Crippen LogP contribution in [-0.2, 0) is 14.3 Å². The van der Waals surface area contributed by atoms with Crippen molar-refractivity contribution in [2.75, 3.05) is 6.54 Å². The van der Waals surface area contributed by atoms with Crippen molar-refractivity contribution in [3.05, 3.63) is 0 Å². The van der Waals surface area contributed by atoms with Crippen LogP contribution in [0.15, 0.2) is 0 Å². The van der Waals surface area contributed by atoms with E-state index in [2.05, 4.69) is 5.32 Å². The summed E-state index contributed by atoms with van der Waals surface area (Å²) in [4.78, 5) is 22.3. The fraction of sp³-hybridized carbons (Fsp3) is 0.833. The van der Waals surface area contributed by atoms with Crippen molar-refractivity contribution in [1.29, 1.82) is 0 Å². The Morgan fingerprint density at radius 2 is 1.88 bits per heavy atom. The van der Waals surface area contributed by atoms with Gasteiger partial charge in [-0.15, -0.1) is 0 Å². The molecule has 0 unspecified atom stereocenters. The summed E-state index contributed by atoms with van der Waals surface area (Å²) in [5, 5.41) is 11.6. The van der Waals surface area contributed by atoms with Crippen LogP contribution in [0.2, 0.25) is 0 Å². The second kappa shape index (κ2) is 5.49. The van der Waals surface area contributed by atoms with Crippen LogP contribution in [0.4, 0.5) is 0 Å². The molecular weight excluding hydrogens is 222 g/mol. The number of carboxylic acids is 1. The monoisotopic (exact) mass is 241 g/mol. The highest BCUT2D eigenvalue weighted by molar-refractivity contribution is 5.82. The Hall–Kier alpha value is -1.10. The van der Waals surface area contributed by atoms with Gasteiger partial charge in [-0.25, -0.2) is 4.79 Å². The average molecular weight is 241 g/mol. The van der Waals surface area contributed by atoms with Crippen molar-refractivity contribution in [2.24, 2.45) is 5.92 Å². The minimum Gasteiger partial charge on any atom is -0.479 e. The number of aliphatic carboxylic acids is 1. The molecule has 1 amide bonds. The molecule has 2 N–H and O–H groups in total. The van der Waals surface area contributed by atoms with E-state index in [4.69, 9.17) is 9.84 Å². The molecule has 1 saturated heterocycles. The van der Waals surface area contributed by atoms with Crippen LogP contribution in [0.5, 0.6) is 0 Å². The third-order valence-corrected chi connectivity index (χ3v) is 3.66. The zero-order chi connectivity index (χ0) is 12.3. The summed E-state index contributed by atoms with van der Waals surface area (Å²) >= 11 is 0. The molecule has 17 heavy (non-hydrogen) atoms. The number of hydrogen-bond acceptors (Lipinski definition) is 3. The number of ether oxygens (including phenoxy) is 1. The predicted molar refractivity (Wildman–Crippen MR) is 60.5 cm³/mol. The maximum atomic E-state index is 11.7. The van der Waals surface area contributed by atoms with Gasteiger partial charge < -0.3 is 15.2 Å².